The Hall–Kier alpha value is -1.70. The van der Waals surface area contributed by atoms with Gasteiger partial charge in [0.2, 0.25) is 0 Å². The Labute approximate surface area is 196 Å². The topological polar surface area (TPSA) is 45.7 Å². The molecule has 2 heterocycles. The molecule has 1 aliphatic heterocycles. The number of halogens is 2. The van der Waals surface area contributed by atoms with Gasteiger partial charge in [-0.2, -0.15) is 0 Å². The summed E-state index contributed by atoms with van der Waals surface area (Å²) in [5.41, 5.74) is 3.79. The van der Waals surface area contributed by atoms with Crippen molar-refractivity contribution in [1.82, 2.24) is 9.88 Å². The molecule has 5 nitrogen and oxygen atoms in total. The summed E-state index contributed by atoms with van der Waals surface area (Å²) in [7, 11) is 0. The van der Waals surface area contributed by atoms with Crippen LogP contribution in [0.1, 0.15) is 27.9 Å². The van der Waals surface area contributed by atoms with Gasteiger partial charge in [0.25, 0.3) is 5.91 Å². The lowest BCUT2D eigenvalue weighted by atomic mass is 10.1. The summed E-state index contributed by atoms with van der Waals surface area (Å²) in [6, 6.07) is 9.17. The summed E-state index contributed by atoms with van der Waals surface area (Å²) >= 11 is 13.9. The minimum Gasteiger partial charge on any atom is -0.379 e. The van der Waals surface area contributed by atoms with E-state index in [1.54, 1.807) is 34.4 Å². The van der Waals surface area contributed by atoms with Gasteiger partial charge in [0.05, 0.1) is 23.4 Å². The zero-order chi connectivity index (χ0) is 22.0. The third-order valence-electron chi connectivity index (χ3n) is 5.54. The fourth-order valence-electron chi connectivity index (χ4n) is 3.68. The van der Waals surface area contributed by atoms with Gasteiger partial charge in [0, 0.05) is 41.8 Å². The number of anilines is 1. The number of morpholine rings is 1. The molecule has 1 amide bonds. The summed E-state index contributed by atoms with van der Waals surface area (Å²) in [6.45, 7) is 9.03. The highest BCUT2D eigenvalue weighted by Gasteiger charge is 2.23. The van der Waals surface area contributed by atoms with Crippen LogP contribution < -0.4 is 4.90 Å². The van der Waals surface area contributed by atoms with E-state index in [1.165, 1.54) is 11.1 Å². The Balaban J connectivity index is 1.62. The molecule has 1 fully saturated rings. The fourth-order valence-corrected chi connectivity index (χ4v) is 5.27. The second-order valence-electron chi connectivity index (χ2n) is 7.82. The molecule has 1 saturated heterocycles. The van der Waals surface area contributed by atoms with Gasteiger partial charge >= 0.3 is 0 Å². The van der Waals surface area contributed by atoms with Gasteiger partial charge in [0.15, 0.2) is 5.13 Å². The highest BCUT2D eigenvalue weighted by molar-refractivity contribution is 7.22. The molecule has 0 N–H and O–H groups in total. The summed E-state index contributed by atoms with van der Waals surface area (Å²) in [4.78, 5) is 22.4. The van der Waals surface area contributed by atoms with E-state index in [0.29, 0.717) is 27.3 Å². The van der Waals surface area contributed by atoms with E-state index < -0.39 is 0 Å². The van der Waals surface area contributed by atoms with Crippen LogP contribution in [-0.4, -0.2) is 55.2 Å². The lowest BCUT2D eigenvalue weighted by molar-refractivity contribution is 0.0376. The van der Waals surface area contributed by atoms with E-state index >= 15 is 0 Å². The van der Waals surface area contributed by atoms with E-state index in [9.17, 15) is 4.79 Å². The van der Waals surface area contributed by atoms with Gasteiger partial charge < -0.3 is 4.74 Å². The van der Waals surface area contributed by atoms with Crippen LogP contribution in [0.3, 0.4) is 0 Å². The monoisotopic (exact) mass is 477 g/mol. The number of benzene rings is 2. The molecule has 164 valence electrons. The minimum absolute atomic E-state index is 0.140. The van der Waals surface area contributed by atoms with Gasteiger partial charge in [-0.15, -0.1) is 0 Å². The molecule has 3 aromatic rings. The van der Waals surface area contributed by atoms with Gasteiger partial charge in [-0.25, -0.2) is 4.98 Å². The van der Waals surface area contributed by atoms with E-state index in [0.717, 1.165) is 49.5 Å². The van der Waals surface area contributed by atoms with Crippen molar-refractivity contribution in [3.05, 3.63) is 57.1 Å². The molecule has 0 spiro atoms. The van der Waals surface area contributed by atoms with Crippen LogP contribution >= 0.6 is 34.5 Å². The van der Waals surface area contributed by atoms with Crippen LogP contribution in [0.4, 0.5) is 5.13 Å². The quantitative estimate of drug-likeness (QED) is 0.464. The lowest BCUT2D eigenvalue weighted by Gasteiger charge is -2.27. The maximum Gasteiger partial charge on any atom is 0.260 e. The Morgan fingerprint density at radius 2 is 1.77 bits per heavy atom. The number of nitrogens with zero attached hydrogens (tertiary/aromatic N) is 3. The molecule has 4 rings (SSSR count). The molecule has 1 aromatic heterocycles. The first-order valence-corrected chi connectivity index (χ1v) is 11.9. The molecule has 2 aromatic carbocycles. The number of aryl methyl sites for hydroxylation is 2. The Kier molecular flexibility index (Phi) is 7.14. The number of hydrogen-bond acceptors (Lipinski definition) is 5. The largest absolute Gasteiger partial charge is 0.379 e. The molecule has 0 aliphatic carbocycles. The van der Waals surface area contributed by atoms with Crippen molar-refractivity contribution >= 4 is 55.8 Å². The molecule has 0 radical (unpaired) electrons. The van der Waals surface area contributed by atoms with Crippen molar-refractivity contribution in [2.45, 2.75) is 20.3 Å². The number of hydrogen-bond donors (Lipinski definition) is 0. The SMILES string of the molecule is Cc1cc2nc(N(CCCN3CCOCC3)C(=O)c3cc(Cl)cc(Cl)c3)sc2cc1C. The summed E-state index contributed by atoms with van der Waals surface area (Å²) < 4.78 is 6.51. The average Bonchev–Trinajstić information content (AvgIpc) is 3.13. The molecule has 0 saturated carbocycles. The van der Waals surface area contributed by atoms with Gasteiger partial charge in [-0.3, -0.25) is 14.6 Å². The maximum absolute atomic E-state index is 13.5. The standard InChI is InChI=1S/C23H25Cl2N3O2S/c1-15-10-20-21(11-16(15)2)31-23(26-20)28(5-3-4-27-6-8-30-9-7-27)22(29)17-12-18(24)14-19(25)13-17/h10-14H,3-9H2,1-2H3. The van der Waals surface area contributed by atoms with Crippen molar-refractivity contribution in [3.63, 3.8) is 0 Å². The first kappa shape index (κ1) is 22.5. The van der Waals surface area contributed by atoms with Gasteiger partial charge in [-0.1, -0.05) is 34.5 Å². The predicted octanol–water partition coefficient (Wildman–Crippen LogP) is 5.59. The minimum atomic E-state index is -0.140. The van der Waals surface area contributed by atoms with Gasteiger partial charge in [0.1, 0.15) is 0 Å². The normalized spacial score (nSPS) is 14.8. The third kappa shape index (κ3) is 5.38. The van der Waals surface area contributed by atoms with E-state index in [4.69, 9.17) is 32.9 Å². The Morgan fingerprint density at radius 3 is 2.48 bits per heavy atom. The number of fused-ring (bicyclic) bond motifs is 1. The maximum atomic E-state index is 13.5. The van der Waals surface area contributed by atoms with Crippen LogP contribution in [0, 0.1) is 13.8 Å². The Morgan fingerprint density at radius 1 is 1.10 bits per heavy atom. The number of aromatic nitrogens is 1. The number of rotatable bonds is 6. The van der Waals surface area contributed by atoms with Crippen molar-refractivity contribution < 1.29 is 9.53 Å². The molecule has 1 aliphatic rings. The van der Waals surface area contributed by atoms with Crippen LogP contribution in [0.2, 0.25) is 10.0 Å². The second-order valence-corrected chi connectivity index (χ2v) is 9.71. The molecule has 0 bridgehead atoms. The second kappa shape index (κ2) is 9.84. The first-order chi connectivity index (χ1) is 14.9. The van der Waals surface area contributed by atoms with E-state index in [-0.39, 0.29) is 5.91 Å². The Bertz CT molecular complexity index is 1040. The van der Waals surface area contributed by atoms with E-state index in [2.05, 4.69) is 30.9 Å². The molecular weight excluding hydrogens is 453 g/mol. The number of carbonyl (C=O) groups is 1. The zero-order valence-electron chi connectivity index (χ0n) is 17.7. The molecular formula is C23H25Cl2N3O2S. The van der Waals surface area contributed by atoms with Gasteiger partial charge in [-0.05, 0) is 61.7 Å². The first-order valence-electron chi connectivity index (χ1n) is 10.4. The average molecular weight is 478 g/mol. The third-order valence-corrected chi connectivity index (χ3v) is 7.02. The highest BCUT2D eigenvalue weighted by Crippen LogP contribution is 2.32. The number of amides is 1. The lowest BCUT2D eigenvalue weighted by Crippen LogP contribution is -2.39. The fraction of sp³-hybridized carbons (Fsp3) is 0.391. The van der Waals surface area contributed by atoms with Crippen LogP contribution in [0.25, 0.3) is 10.2 Å². The summed E-state index contributed by atoms with van der Waals surface area (Å²) in [5, 5.41) is 1.59. The summed E-state index contributed by atoms with van der Waals surface area (Å²) in [6.07, 6.45) is 0.841. The molecule has 8 heteroatoms. The van der Waals surface area contributed by atoms with Crippen LogP contribution in [0.5, 0.6) is 0 Å². The molecule has 0 unspecified atom stereocenters. The number of carbonyl (C=O) groups excluding carboxylic acids is 1. The zero-order valence-corrected chi connectivity index (χ0v) is 20.0. The van der Waals surface area contributed by atoms with Crippen molar-refractivity contribution in [1.29, 1.82) is 0 Å². The van der Waals surface area contributed by atoms with Crippen LogP contribution in [-0.2, 0) is 4.74 Å². The highest BCUT2D eigenvalue weighted by atomic mass is 35.5. The van der Waals surface area contributed by atoms with Crippen molar-refractivity contribution in [2.24, 2.45) is 0 Å². The molecule has 31 heavy (non-hydrogen) atoms. The predicted molar refractivity (Wildman–Crippen MR) is 129 cm³/mol. The van der Waals surface area contributed by atoms with Crippen molar-refractivity contribution in [2.75, 3.05) is 44.3 Å². The number of ether oxygens (including phenoxy) is 1. The summed E-state index contributed by atoms with van der Waals surface area (Å²) in [5.74, 6) is -0.140. The van der Waals surface area contributed by atoms with Crippen molar-refractivity contribution in [3.8, 4) is 0 Å². The van der Waals surface area contributed by atoms with Crippen LogP contribution in [0.15, 0.2) is 30.3 Å². The molecule has 0 atom stereocenters. The smallest absolute Gasteiger partial charge is 0.260 e. The number of thiazole rings is 1. The van der Waals surface area contributed by atoms with E-state index in [1.807, 2.05) is 0 Å².